The van der Waals surface area contributed by atoms with Crippen LogP contribution in [0, 0.1) is 5.92 Å². The van der Waals surface area contributed by atoms with Crippen LogP contribution in [0.25, 0.3) is 0 Å². The number of methoxy groups -OCH3 is 1. The second kappa shape index (κ2) is 10.8. The third-order valence-corrected chi connectivity index (χ3v) is 3.46. The Morgan fingerprint density at radius 2 is 2.04 bits per heavy atom. The summed E-state index contributed by atoms with van der Waals surface area (Å²) >= 11 is 0. The minimum absolute atomic E-state index is 0.363. The molecule has 1 aromatic rings. The zero-order chi connectivity index (χ0) is 17.1. The smallest absolute Gasteiger partial charge is 0.213 e. The number of aromatic nitrogens is 1. The summed E-state index contributed by atoms with van der Waals surface area (Å²) in [5.41, 5.74) is 1.04. The van der Waals surface area contributed by atoms with Crippen molar-refractivity contribution in [2.45, 2.75) is 40.3 Å². The summed E-state index contributed by atoms with van der Waals surface area (Å²) in [6.45, 7) is 11.1. The molecule has 0 aliphatic heterocycles. The third-order valence-electron chi connectivity index (χ3n) is 3.46. The fourth-order valence-corrected chi connectivity index (χ4v) is 1.69. The first-order valence-electron chi connectivity index (χ1n) is 8.18. The summed E-state index contributed by atoms with van der Waals surface area (Å²) in [7, 11) is 1.65. The molecule has 0 aliphatic rings. The van der Waals surface area contributed by atoms with Crippen LogP contribution in [-0.4, -0.2) is 43.9 Å². The van der Waals surface area contributed by atoms with Crippen LogP contribution in [0.15, 0.2) is 23.3 Å². The summed E-state index contributed by atoms with van der Waals surface area (Å²) in [5.74, 6) is 1.98. The van der Waals surface area contributed by atoms with E-state index in [1.54, 1.807) is 13.3 Å². The van der Waals surface area contributed by atoms with E-state index in [9.17, 15) is 0 Å². The van der Waals surface area contributed by atoms with Gasteiger partial charge < -0.3 is 20.1 Å². The fourth-order valence-electron chi connectivity index (χ4n) is 1.69. The van der Waals surface area contributed by atoms with Gasteiger partial charge in [-0.3, -0.25) is 0 Å². The van der Waals surface area contributed by atoms with Gasteiger partial charge in [0.2, 0.25) is 5.88 Å². The van der Waals surface area contributed by atoms with Crippen LogP contribution >= 0.6 is 0 Å². The maximum Gasteiger partial charge on any atom is 0.213 e. The average Bonchev–Trinajstić information content (AvgIpc) is 2.54. The Morgan fingerprint density at radius 3 is 2.61 bits per heavy atom. The lowest BCUT2D eigenvalue weighted by atomic mass is 10.1. The Kier molecular flexibility index (Phi) is 9.05. The van der Waals surface area contributed by atoms with Crippen LogP contribution in [0.2, 0.25) is 0 Å². The number of aliphatic imine (C=N–C) groups is 1. The van der Waals surface area contributed by atoms with Gasteiger partial charge in [0.15, 0.2) is 5.96 Å². The van der Waals surface area contributed by atoms with Crippen molar-refractivity contribution in [3.8, 4) is 5.88 Å². The molecule has 130 valence electrons. The highest BCUT2D eigenvalue weighted by Crippen LogP contribution is 2.08. The van der Waals surface area contributed by atoms with Crippen molar-refractivity contribution in [2.24, 2.45) is 10.9 Å². The predicted octanol–water partition coefficient (Wildman–Crippen LogP) is 2.21. The normalized spacial score (nSPS) is 13.0. The number of hydrogen-bond donors (Lipinski definition) is 2. The van der Waals surface area contributed by atoms with Gasteiger partial charge in [0.05, 0.1) is 13.2 Å². The minimum atomic E-state index is 0.363. The maximum absolute atomic E-state index is 5.45. The zero-order valence-electron chi connectivity index (χ0n) is 14.9. The first-order chi connectivity index (χ1) is 11.1. The van der Waals surface area contributed by atoms with Gasteiger partial charge in [0.1, 0.15) is 6.61 Å². The lowest BCUT2D eigenvalue weighted by Crippen LogP contribution is -2.44. The number of ether oxygens (including phenoxy) is 2. The van der Waals surface area contributed by atoms with Crippen molar-refractivity contribution in [3.63, 3.8) is 0 Å². The minimum Gasteiger partial charge on any atom is -0.475 e. The summed E-state index contributed by atoms with van der Waals surface area (Å²) in [6.07, 6.45) is 1.79. The van der Waals surface area contributed by atoms with Crippen molar-refractivity contribution in [1.82, 2.24) is 15.6 Å². The van der Waals surface area contributed by atoms with Gasteiger partial charge in [-0.1, -0.05) is 19.9 Å². The Hall–Kier alpha value is -1.82. The monoisotopic (exact) mass is 322 g/mol. The fraction of sp³-hybridized carbons (Fsp3) is 0.647. The molecule has 1 heterocycles. The van der Waals surface area contributed by atoms with E-state index in [4.69, 9.17) is 9.47 Å². The van der Waals surface area contributed by atoms with Crippen molar-refractivity contribution < 1.29 is 9.47 Å². The molecule has 23 heavy (non-hydrogen) atoms. The molecule has 2 N–H and O–H groups in total. The van der Waals surface area contributed by atoms with E-state index in [1.807, 2.05) is 12.1 Å². The molecular formula is C17H30N4O2. The van der Waals surface area contributed by atoms with E-state index in [0.717, 1.165) is 18.1 Å². The molecular weight excluding hydrogens is 292 g/mol. The third kappa shape index (κ3) is 7.83. The highest BCUT2D eigenvalue weighted by atomic mass is 16.5. The van der Waals surface area contributed by atoms with Gasteiger partial charge in [0.25, 0.3) is 0 Å². The zero-order valence-corrected chi connectivity index (χ0v) is 14.9. The summed E-state index contributed by atoms with van der Waals surface area (Å²) in [4.78, 5) is 8.88. The van der Waals surface area contributed by atoms with Gasteiger partial charge >= 0.3 is 0 Å². The standard InChI is InChI=1S/C17H30N4O2/c1-6-18-17(21-14(4)13(2)3)20-12-15-7-8-16(19-11-15)23-10-9-22-5/h7-8,11,13-14H,6,9-10,12H2,1-5H3,(H2,18,20,21). The van der Waals surface area contributed by atoms with Crippen LogP contribution in [0.5, 0.6) is 5.88 Å². The summed E-state index contributed by atoms with van der Waals surface area (Å²) < 4.78 is 10.4. The predicted molar refractivity (Wildman–Crippen MR) is 93.9 cm³/mol. The van der Waals surface area contributed by atoms with Crippen molar-refractivity contribution in [2.75, 3.05) is 26.9 Å². The SMILES string of the molecule is CCNC(=NCc1ccc(OCCOC)nc1)NC(C)C(C)C. The maximum atomic E-state index is 5.45. The topological polar surface area (TPSA) is 67.8 Å². The number of nitrogens with one attached hydrogen (secondary N) is 2. The van der Waals surface area contributed by atoms with Gasteiger partial charge in [-0.2, -0.15) is 0 Å². The highest BCUT2D eigenvalue weighted by molar-refractivity contribution is 5.80. The average molecular weight is 322 g/mol. The lowest BCUT2D eigenvalue weighted by molar-refractivity contribution is 0.143. The molecule has 0 spiro atoms. The first kappa shape index (κ1) is 19.2. The molecule has 1 unspecified atom stereocenters. The molecule has 0 aliphatic carbocycles. The van der Waals surface area contributed by atoms with Crippen molar-refractivity contribution in [1.29, 1.82) is 0 Å². The quantitative estimate of drug-likeness (QED) is 0.414. The Labute approximate surface area is 139 Å². The van der Waals surface area contributed by atoms with E-state index in [2.05, 4.69) is 48.3 Å². The van der Waals surface area contributed by atoms with Crippen molar-refractivity contribution in [3.05, 3.63) is 23.9 Å². The number of pyridine rings is 1. The van der Waals surface area contributed by atoms with Gasteiger partial charge in [-0.25, -0.2) is 9.98 Å². The van der Waals surface area contributed by atoms with E-state index in [1.165, 1.54) is 0 Å². The molecule has 1 rings (SSSR count). The molecule has 6 heteroatoms. The number of guanidine groups is 1. The van der Waals surface area contributed by atoms with Gasteiger partial charge in [-0.05, 0) is 25.3 Å². The molecule has 0 amide bonds. The Balaban J connectivity index is 2.57. The van der Waals surface area contributed by atoms with E-state index in [-0.39, 0.29) is 0 Å². The van der Waals surface area contributed by atoms with E-state index in [0.29, 0.717) is 37.6 Å². The Bertz CT molecular complexity index is 460. The second-order valence-corrected chi connectivity index (χ2v) is 5.72. The van der Waals surface area contributed by atoms with Gasteiger partial charge in [-0.15, -0.1) is 0 Å². The molecule has 1 aromatic heterocycles. The lowest BCUT2D eigenvalue weighted by Gasteiger charge is -2.20. The molecule has 0 saturated heterocycles. The number of rotatable bonds is 9. The molecule has 0 radical (unpaired) electrons. The van der Waals surface area contributed by atoms with Crippen LogP contribution in [-0.2, 0) is 11.3 Å². The summed E-state index contributed by atoms with van der Waals surface area (Å²) in [6, 6.07) is 4.20. The molecule has 0 saturated carbocycles. The van der Waals surface area contributed by atoms with E-state index < -0.39 is 0 Å². The highest BCUT2D eigenvalue weighted by Gasteiger charge is 2.08. The molecule has 0 aromatic carbocycles. The van der Waals surface area contributed by atoms with Gasteiger partial charge in [0, 0.05) is 32.0 Å². The van der Waals surface area contributed by atoms with Crippen LogP contribution in [0.4, 0.5) is 0 Å². The second-order valence-electron chi connectivity index (χ2n) is 5.72. The largest absolute Gasteiger partial charge is 0.475 e. The molecule has 1 atom stereocenters. The molecule has 0 fully saturated rings. The number of hydrogen-bond acceptors (Lipinski definition) is 4. The van der Waals surface area contributed by atoms with E-state index >= 15 is 0 Å². The molecule has 0 bridgehead atoms. The molecule has 6 nitrogen and oxygen atoms in total. The number of nitrogens with zero attached hydrogens (tertiary/aromatic N) is 2. The van der Waals surface area contributed by atoms with Crippen LogP contribution in [0.1, 0.15) is 33.3 Å². The summed E-state index contributed by atoms with van der Waals surface area (Å²) in [5, 5.41) is 6.68. The van der Waals surface area contributed by atoms with Crippen LogP contribution in [0.3, 0.4) is 0 Å². The van der Waals surface area contributed by atoms with Crippen molar-refractivity contribution >= 4 is 5.96 Å². The van der Waals surface area contributed by atoms with Crippen LogP contribution < -0.4 is 15.4 Å². The first-order valence-corrected chi connectivity index (χ1v) is 8.18. The Morgan fingerprint density at radius 1 is 1.26 bits per heavy atom.